The lowest BCUT2D eigenvalue weighted by Gasteiger charge is -2.02. The minimum Gasteiger partial charge on any atom is -0.316 e. The Labute approximate surface area is 88.4 Å². The third-order valence-corrected chi connectivity index (χ3v) is 3.85. The summed E-state index contributed by atoms with van der Waals surface area (Å²) >= 11 is 2.28. The molecule has 0 rings (SSSR count). The highest BCUT2D eigenvalue weighted by molar-refractivity contribution is 14.1. The molecule has 5 heteroatoms. The molecule has 0 unspecified atom stereocenters. The van der Waals surface area contributed by atoms with Gasteiger partial charge in [0.2, 0.25) is 0 Å². The standard InChI is InChI=1S/C7H16INO2S/c1-2-12(10,11)7-3-5-9-6-4-8/h9H,2-7H2,1H3. The van der Waals surface area contributed by atoms with Gasteiger partial charge in [0.05, 0.1) is 5.75 Å². The Morgan fingerprint density at radius 1 is 1.33 bits per heavy atom. The van der Waals surface area contributed by atoms with E-state index in [9.17, 15) is 8.42 Å². The molecule has 0 aromatic rings. The second-order valence-corrected chi connectivity index (χ2v) is 6.08. The molecule has 0 bridgehead atoms. The van der Waals surface area contributed by atoms with E-state index in [-0.39, 0.29) is 5.75 Å². The van der Waals surface area contributed by atoms with Gasteiger partial charge in [-0.15, -0.1) is 0 Å². The Morgan fingerprint density at radius 2 is 2.00 bits per heavy atom. The first-order valence-electron chi connectivity index (χ1n) is 4.09. The van der Waals surface area contributed by atoms with E-state index in [2.05, 4.69) is 27.9 Å². The van der Waals surface area contributed by atoms with Crippen LogP contribution < -0.4 is 5.32 Å². The molecule has 0 spiro atoms. The van der Waals surface area contributed by atoms with Gasteiger partial charge in [0, 0.05) is 16.7 Å². The highest BCUT2D eigenvalue weighted by Gasteiger charge is 2.05. The number of alkyl halides is 1. The average Bonchev–Trinajstić information content (AvgIpc) is 2.04. The van der Waals surface area contributed by atoms with E-state index >= 15 is 0 Å². The Hall–Kier alpha value is 0.640. The Balaban J connectivity index is 3.32. The summed E-state index contributed by atoms with van der Waals surface area (Å²) in [6, 6.07) is 0. The molecule has 0 radical (unpaired) electrons. The van der Waals surface area contributed by atoms with Gasteiger partial charge in [0.25, 0.3) is 0 Å². The van der Waals surface area contributed by atoms with Gasteiger partial charge in [0.1, 0.15) is 9.84 Å². The van der Waals surface area contributed by atoms with Crippen LogP contribution >= 0.6 is 22.6 Å². The van der Waals surface area contributed by atoms with Crippen molar-refractivity contribution in [3.05, 3.63) is 0 Å². The fraction of sp³-hybridized carbons (Fsp3) is 1.00. The molecule has 0 aliphatic rings. The zero-order chi connectivity index (χ0) is 9.45. The van der Waals surface area contributed by atoms with Gasteiger partial charge in [0.15, 0.2) is 0 Å². The minimum absolute atomic E-state index is 0.263. The Morgan fingerprint density at radius 3 is 2.50 bits per heavy atom. The van der Waals surface area contributed by atoms with Crippen LogP contribution in [0.3, 0.4) is 0 Å². The molecule has 0 heterocycles. The molecule has 0 saturated carbocycles. The summed E-state index contributed by atoms with van der Waals surface area (Å²) in [5.74, 6) is 0.580. The van der Waals surface area contributed by atoms with Gasteiger partial charge < -0.3 is 5.32 Å². The highest BCUT2D eigenvalue weighted by Crippen LogP contribution is 1.91. The molecule has 0 fully saturated rings. The first kappa shape index (κ1) is 12.6. The zero-order valence-electron chi connectivity index (χ0n) is 7.35. The van der Waals surface area contributed by atoms with Crippen molar-refractivity contribution in [3.63, 3.8) is 0 Å². The van der Waals surface area contributed by atoms with Gasteiger partial charge in [-0.3, -0.25) is 0 Å². The van der Waals surface area contributed by atoms with Crippen LogP contribution in [-0.2, 0) is 9.84 Å². The molecule has 0 aliphatic carbocycles. The van der Waals surface area contributed by atoms with Crippen LogP contribution in [0.2, 0.25) is 0 Å². The van der Waals surface area contributed by atoms with E-state index in [0.717, 1.165) is 23.9 Å². The summed E-state index contributed by atoms with van der Waals surface area (Å²) in [5, 5.41) is 3.16. The van der Waals surface area contributed by atoms with Crippen molar-refractivity contribution < 1.29 is 8.42 Å². The molecule has 74 valence electrons. The van der Waals surface area contributed by atoms with Crippen LogP contribution in [0.4, 0.5) is 0 Å². The minimum atomic E-state index is -2.75. The summed E-state index contributed by atoms with van der Waals surface area (Å²) in [7, 11) is -2.75. The Bertz CT molecular complexity index is 192. The summed E-state index contributed by atoms with van der Waals surface area (Å²) in [6.07, 6.45) is 0.729. The van der Waals surface area contributed by atoms with E-state index in [0.29, 0.717) is 5.75 Å². The lowest BCUT2D eigenvalue weighted by Crippen LogP contribution is -2.20. The molecule has 0 aromatic heterocycles. The molecular weight excluding hydrogens is 289 g/mol. The summed E-state index contributed by atoms with van der Waals surface area (Å²) in [6.45, 7) is 3.46. The SMILES string of the molecule is CCS(=O)(=O)CCCNCCI. The molecule has 0 saturated heterocycles. The van der Waals surface area contributed by atoms with Crippen molar-refractivity contribution >= 4 is 32.4 Å². The molecule has 0 amide bonds. The topological polar surface area (TPSA) is 46.2 Å². The number of hydrogen-bond donors (Lipinski definition) is 1. The number of nitrogens with one attached hydrogen (secondary N) is 1. The van der Waals surface area contributed by atoms with E-state index in [1.54, 1.807) is 6.92 Å². The van der Waals surface area contributed by atoms with Crippen molar-refractivity contribution in [3.8, 4) is 0 Å². The maximum Gasteiger partial charge on any atom is 0.150 e. The summed E-state index contributed by atoms with van der Waals surface area (Å²) in [4.78, 5) is 0. The molecule has 0 aromatic carbocycles. The van der Waals surface area contributed by atoms with Crippen LogP contribution in [0.15, 0.2) is 0 Å². The van der Waals surface area contributed by atoms with Crippen LogP contribution in [0.1, 0.15) is 13.3 Å². The highest BCUT2D eigenvalue weighted by atomic mass is 127. The molecule has 0 aliphatic heterocycles. The fourth-order valence-electron chi connectivity index (χ4n) is 0.753. The van der Waals surface area contributed by atoms with Crippen molar-refractivity contribution in [2.45, 2.75) is 13.3 Å². The van der Waals surface area contributed by atoms with Crippen LogP contribution in [0.25, 0.3) is 0 Å². The quantitative estimate of drug-likeness (QED) is 0.431. The molecule has 12 heavy (non-hydrogen) atoms. The maximum absolute atomic E-state index is 11.0. The van der Waals surface area contributed by atoms with Crippen molar-refractivity contribution in [2.75, 3.05) is 29.0 Å². The van der Waals surface area contributed by atoms with Crippen molar-refractivity contribution in [2.24, 2.45) is 0 Å². The number of rotatable bonds is 7. The lowest BCUT2D eigenvalue weighted by molar-refractivity contribution is 0.591. The molecular formula is C7H16INO2S. The third kappa shape index (κ3) is 7.30. The van der Waals surface area contributed by atoms with Gasteiger partial charge in [-0.25, -0.2) is 8.42 Å². The number of sulfone groups is 1. The fourth-order valence-corrected chi connectivity index (χ4v) is 2.01. The van der Waals surface area contributed by atoms with Crippen LogP contribution in [0, 0.1) is 0 Å². The molecule has 1 N–H and O–H groups in total. The molecule has 3 nitrogen and oxygen atoms in total. The van der Waals surface area contributed by atoms with Crippen LogP contribution in [-0.4, -0.2) is 37.4 Å². The smallest absolute Gasteiger partial charge is 0.150 e. The lowest BCUT2D eigenvalue weighted by atomic mass is 10.5. The number of halogens is 1. The second kappa shape index (κ2) is 7.08. The monoisotopic (exact) mass is 305 g/mol. The predicted molar refractivity (Wildman–Crippen MR) is 60.7 cm³/mol. The first-order chi connectivity index (χ1) is 5.62. The Kier molecular flexibility index (Phi) is 7.46. The van der Waals surface area contributed by atoms with E-state index < -0.39 is 9.84 Å². The second-order valence-electron chi connectivity index (χ2n) is 2.53. The van der Waals surface area contributed by atoms with E-state index in [1.807, 2.05) is 0 Å². The molecule has 0 atom stereocenters. The predicted octanol–water partition coefficient (Wildman–Crippen LogP) is 0.836. The zero-order valence-corrected chi connectivity index (χ0v) is 10.3. The van der Waals surface area contributed by atoms with E-state index in [1.165, 1.54) is 0 Å². The maximum atomic E-state index is 11.0. The third-order valence-electron chi connectivity index (χ3n) is 1.52. The first-order valence-corrected chi connectivity index (χ1v) is 7.44. The van der Waals surface area contributed by atoms with Crippen molar-refractivity contribution in [1.82, 2.24) is 5.32 Å². The van der Waals surface area contributed by atoms with Gasteiger partial charge >= 0.3 is 0 Å². The normalized spacial score (nSPS) is 11.8. The van der Waals surface area contributed by atoms with Gasteiger partial charge in [-0.05, 0) is 13.0 Å². The largest absolute Gasteiger partial charge is 0.316 e. The van der Waals surface area contributed by atoms with Gasteiger partial charge in [-0.1, -0.05) is 29.5 Å². The van der Waals surface area contributed by atoms with Crippen molar-refractivity contribution in [1.29, 1.82) is 0 Å². The van der Waals surface area contributed by atoms with Gasteiger partial charge in [-0.2, -0.15) is 0 Å². The van der Waals surface area contributed by atoms with Crippen LogP contribution in [0.5, 0.6) is 0 Å². The average molecular weight is 305 g/mol. The summed E-state index contributed by atoms with van der Waals surface area (Å²) < 4.78 is 23.1. The summed E-state index contributed by atoms with van der Waals surface area (Å²) in [5.41, 5.74) is 0. The number of hydrogen-bond acceptors (Lipinski definition) is 3. The van der Waals surface area contributed by atoms with E-state index in [4.69, 9.17) is 0 Å².